The average molecular weight is 260 g/mol. The number of carbonyl (C=O) groups is 1. The number of hydrogen-bond donors (Lipinski definition) is 1. The quantitative estimate of drug-likeness (QED) is 0.849. The Hall–Kier alpha value is -1.35. The lowest BCUT2D eigenvalue weighted by molar-refractivity contribution is -0.134. The van der Waals surface area contributed by atoms with Crippen LogP contribution in [-0.2, 0) is 11.2 Å². The van der Waals surface area contributed by atoms with Gasteiger partial charge in [0.1, 0.15) is 0 Å². The fraction of sp³-hybridized carbons (Fsp3) is 0.562. The number of rotatable bonds is 6. The molecule has 19 heavy (non-hydrogen) atoms. The van der Waals surface area contributed by atoms with Gasteiger partial charge in [-0.1, -0.05) is 37.3 Å². The summed E-state index contributed by atoms with van der Waals surface area (Å²) in [7, 11) is 0. The standard InChI is InChI=1S/C16H24N2O/c1-2-17-13-15-9-11-18(16(19)12-15)10-8-14-6-4-3-5-7-14/h3-7,15,17H,2,8-13H2,1H3. The van der Waals surface area contributed by atoms with E-state index in [0.29, 0.717) is 18.2 Å². The molecule has 3 nitrogen and oxygen atoms in total. The van der Waals surface area contributed by atoms with Crippen molar-refractivity contribution in [1.82, 2.24) is 10.2 Å². The molecule has 1 unspecified atom stereocenters. The summed E-state index contributed by atoms with van der Waals surface area (Å²) < 4.78 is 0. The van der Waals surface area contributed by atoms with E-state index in [0.717, 1.165) is 39.0 Å². The fourth-order valence-corrected chi connectivity index (χ4v) is 2.61. The number of nitrogens with one attached hydrogen (secondary N) is 1. The maximum Gasteiger partial charge on any atom is 0.222 e. The van der Waals surface area contributed by atoms with Gasteiger partial charge in [-0.15, -0.1) is 0 Å². The van der Waals surface area contributed by atoms with Crippen LogP contribution in [0, 0.1) is 5.92 Å². The van der Waals surface area contributed by atoms with Gasteiger partial charge >= 0.3 is 0 Å². The molecule has 0 aromatic heterocycles. The zero-order chi connectivity index (χ0) is 13.5. The minimum atomic E-state index is 0.324. The van der Waals surface area contributed by atoms with E-state index in [9.17, 15) is 4.79 Å². The van der Waals surface area contributed by atoms with Crippen LogP contribution in [0.15, 0.2) is 30.3 Å². The van der Waals surface area contributed by atoms with E-state index in [2.05, 4.69) is 36.5 Å². The molecule has 1 aromatic rings. The molecule has 1 fully saturated rings. The van der Waals surface area contributed by atoms with Crippen molar-refractivity contribution in [2.24, 2.45) is 5.92 Å². The van der Waals surface area contributed by atoms with Crippen molar-refractivity contribution < 1.29 is 4.79 Å². The zero-order valence-electron chi connectivity index (χ0n) is 11.8. The molecule has 2 rings (SSSR count). The number of amides is 1. The Morgan fingerprint density at radius 3 is 2.79 bits per heavy atom. The Morgan fingerprint density at radius 2 is 2.11 bits per heavy atom. The Labute approximate surface area is 116 Å². The van der Waals surface area contributed by atoms with Crippen molar-refractivity contribution in [2.75, 3.05) is 26.2 Å². The smallest absolute Gasteiger partial charge is 0.222 e. The summed E-state index contributed by atoms with van der Waals surface area (Å²) in [6.45, 7) is 5.85. The van der Waals surface area contributed by atoms with Gasteiger partial charge in [-0.25, -0.2) is 0 Å². The first-order chi connectivity index (χ1) is 9.29. The van der Waals surface area contributed by atoms with Crippen LogP contribution in [0.5, 0.6) is 0 Å². The molecule has 104 valence electrons. The highest BCUT2D eigenvalue weighted by atomic mass is 16.2. The van der Waals surface area contributed by atoms with Crippen molar-refractivity contribution in [3.63, 3.8) is 0 Å². The van der Waals surface area contributed by atoms with Gasteiger partial charge < -0.3 is 10.2 Å². The van der Waals surface area contributed by atoms with Gasteiger partial charge in [0.25, 0.3) is 0 Å². The predicted molar refractivity (Wildman–Crippen MR) is 78.0 cm³/mol. The van der Waals surface area contributed by atoms with E-state index in [4.69, 9.17) is 0 Å². The van der Waals surface area contributed by atoms with Crippen LogP contribution in [0.2, 0.25) is 0 Å². The third-order valence-electron chi connectivity index (χ3n) is 3.82. The lowest BCUT2D eigenvalue weighted by Crippen LogP contribution is -2.42. The summed E-state index contributed by atoms with van der Waals surface area (Å²) in [5, 5.41) is 3.34. The summed E-state index contributed by atoms with van der Waals surface area (Å²) >= 11 is 0. The SMILES string of the molecule is CCNCC1CCN(CCc2ccccc2)C(=O)C1. The third-order valence-corrected chi connectivity index (χ3v) is 3.82. The van der Waals surface area contributed by atoms with E-state index in [-0.39, 0.29) is 0 Å². The molecule has 1 aliphatic heterocycles. The van der Waals surface area contributed by atoms with E-state index in [1.54, 1.807) is 0 Å². The molecule has 0 saturated carbocycles. The predicted octanol–water partition coefficient (Wildman–Crippen LogP) is 2.08. The first-order valence-electron chi connectivity index (χ1n) is 7.32. The van der Waals surface area contributed by atoms with Crippen molar-refractivity contribution in [3.8, 4) is 0 Å². The van der Waals surface area contributed by atoms with E-state index >= 15 is 0 Å². The number of nitrogens with zero attached hydrogens (tertiary/aromatic N) is 1. The number of piperidine rings is 1. The molecule has 0 radical (unpaired) electrons. The normalized spacial score (nSPS) is 19.7. The average Bonchev–Trinajstić information content (AvgIpc) is 2.45. The lowest BCUT2D eigenvalue weighted by Gasteiger charge is -2.32. The Kier molecular flexibility index (Phi) is 5.40. The van der Waals surface area contributed by atoms with Crippen LogP contribution in [0.25, 0.3) is 0 Å². The maximum absolute atomic E-state index is 12.1. The van der Waals surface area contributed by atoms with Gasteiger partial charge in [0, 0.05) is 19.5 Å². The monoisotopic (exact) mass is 260 g/mol. The van der Waals surface area contributed by atoms with Crippen molar-refractivity contribution in [2.45, 2.75) is 26.2 Å². The molecule has 1 saturated heterocycles. The number of hydrogen-bond acceptors (Lipinski definition) is 2. The molecule has 1 atom stereocenters. The molecule has 0 bridgehead atoms. The second kappa shape index (κ2) is 7.29. The van der Waals surface area contributed by atoms with Crippen LogP contribution in [-0.4, -0.2) is 37.0 Å². The summed E-state index contributed by atoms with van der Waals surface area (Å²) in [4.78, 5) is 14.1. The molecule has 1 amide bonds. The Bertz CT molecular complexity index is 391. The first-order valence-corrected chi connectivity index (χ1v) is 7.32. The van der Waals surface area contributed by atoms with Gasteiger partial charge in [-0.3, -0.25) is 4.79 Å². The van der Waals surface area contributed by atoms with Crippen molar-refractivity contribution in [3.05, 3.63) is 35.9 Å². The highest BCUT2D eigenvalue weighted by Crippen LogP contribution is 2.18. The van der Waals surface area contributed by atoms with Crippen LogP contribution in [0.1, 0.15) is 25.3 Å². The van der Waals surface area contributed by atoms with Crippen LogP contribution < -0.4 is 5.32 Å². The third kappa shape index (κ3) is 4.35. The van der Waals surface area contributed by atoms with E-state index in [1.165, 1.54) is 5.56 Å². The highest BCUT2D eigenvalue weighted by molar-refractivity contribution is 5.77. The first kappa shape index (κ1) is 14.1. The largest absolute Gasteiger partial charge is 0.342 e. The van der Waals surface area contributed by atoms with Gasteiger partial charge in [-0.05, 0) is 37.4 Å². The molecule has 0 spiro atoms. The molecule has 0 aliphatic carbocycles. The van der Waals surface area contributed by atoms with Gasteiger partial charge in [0.2, 0.25) is 5.91 Å². The van der Waals surface area contributed by atoms with Gasteiger partial charge in [0.15, 0.2) is 0 Å². The summed E-state index contributed by atoms with van der Waals surface area (Å²) in [6, 6.07) is 10.4. The second-order valence-electron chi connectivity index (χ2n) is 5.28. The molecule has 1 N–H and O–H groups in total. The molecule has 1 aromatic carbocycles. The number of carbonyl (C=O) groups excluding carboxylic acids is 1. The fourth-order valence-electron chi connectivity index (χ4n) is 2.61. The topological polar surface area (TPSA) is 32.3 Å². The van der Waals surface area contributed by atoms with Crippen molar-refractivity contribution in [1.29, 1.82) is 0 Å². The van der Waals surface area contributed by atoms with Crippen molar-refractivity contribution >= 4 is 5.91 Å². The zero-order valence-corrected chi connectivity index (χ0v) is 11.8. The lowest BCUT2D eigenvalue weighted by atomic mass is 9.96. The van der Waals surface area contributed by atoms with Crippen LogP contribution in [0.4, 0.5) is 0 Å². The summed E-state index contributed by atoms with van der Waals surface area (Å²) in [5.74, 6) is 0.852. The molecular weight excluding hydrogens is 236 g/mol. The molecule has 1 aliphatic rings. The second-order valence-corrected chi connectivity index (χ2v) is 5.28. The molecule has 1 heterocycles. The van der Waals surface area contributed by atoms with Gasteiger partial charge in [-0.2, -0.15) is 0 Å². The van der Waals surface area contributed by atoms with E-state index in [1.807, 2.05) is 11.0 Å². The summed E-state index contributed by atoms with van der Waals surface area (Å²) in [6.07, 6.45) is 2.81. The molecular formula is C16H24N2O. The van der Waals surface area contributed by atoms with E-state index < -0.39 is 0 Å². The Balaban J connectivity index is 1.76. The molecule has 3 heteroatoms. The van der Waals surface area contributed by atoms with Gasteiger partial charge in [0.05, 0.1) is 0 Å². The maximum atomic E-state index is 12.1. The minimum Gasteiger partial charge on any atom is -0.342 e. The summed E-state index contributed by atoms with van der Waals surface area (Å²) in [5.41, 5.74) is 1.31. The van der Waals surface area contributed by atoms with Crippen LogP contribution >= 0.6 is 0 Å². The minimum absolute atomic E-state index is 0.324. The van der Waals surface area contributed by atoms with Crippen LogP contribution in [0.3, 0.4) is 0 Å². The Morgan fingerprint density at radius 1 is 1.32 bits per heavy atom. The number of benzene rings is 1. The number of likely N-dealkylation sites (tertiary alicyclic amines) is 1. The highest BCUT2D eigenvalue weighted by Gasteiger charge is 2.24.